The Morgan fingerprint density at radius 1 is 1.21 bits per heavy atom. The average molecular weight is 263 g/mol. The zero-order chi connectivity index (χ0) is 13.4. The Kier molecular flexibility index (Phi) is 3.16. The first-order chi connectivity index (χ1) is 9.22. The molecule has 104 valence electrons. The molecular formula is C13H21N5O. The van der Waals surface area contributed by atoms with Crippen molar-refractivity contribution in [3.63, 3.8) is 0 Å². The van der Waals surface area contributed by atoms with Gasteiger partial charge in [-0.05, 0) is 19.8 Å². The molecule has 1 aliphatic heterocycles. The van der Waals surface area contributed by atoms with Crippen LogP contribution in [0.4, 0.5) is 4.79 Å². The van der Waals surface area contributed by atoms with Crippen molar-refractivity contribution in [1.82, 2.24) is 25.0 Å². The second-order valence-electron chi connectivity index (χ2n) is 5.47. The molecule has 19 heavy (non-hydrogen) atoms. The molecule has 0 spiro atoms. The number of carbonyl (C=O) groups excluding carboxylic acids is 1. The molecule has 1 aromatic heterocycles. The van der Waals surface area contributed by atoms with E-state index in [0.717, 1.165) is 24.7 Å². The summed E-state index contributed by atoms with van der Waals surface area (Å²) in [7, 11) is 1.67. The minimum atomic E-state index is -0.0378. The van der Waals surface area contributed by atoms with Crippen LogP contribution in [0.3, 0.4) is 0 Å². The smallest absolute Gasteiger partial charge is 0.317 e. The highest BCUT2D eigenvalue weighted by molar-refractivity contribution is 5.74. The van der Waals surface area contributed by atoms with Crippen molar-refractivity contribution in [3.8, 4) is 0 Å². The first-order valence-corrected chi connectivity index (χ1v) is 7.13. The SMILES string of the molecule is CNC(=O)N1CCn2c(C3CCCC3)nnc2[C@@H]1C. The minimum Gasteiger partial charge on any atom is -0.341 e. The third kappa shape index (κ3) is 1.99. The molecule has 1 aromatic rings. The van der Waals surface area contributed by atoms with Gasteiger partial charge in [-0.1, -0.05) is 12.8 Å². The van der Waals surface area contributed by atoms with Crippen molar-refractivity contribution in [1.29, 1.82) is 0 Å². The molecule has 0 bridgehead atoms. The van der Waals surface area contributed by atoms with Crippen LogP contribution in [0.1, 0.15) is 56.2 Å². The van der Waals surface area contributed by atoms with E-state index in [9.17, 15) is 4.79 Å². The lowest BCUT2D eigenvalue weighted by molar-refractivity contribution is 0.161. The second-order valence-corrected chi connectivity index (χ2v) is 5.47. The van der Waals surface area contributed by atoms with E-state index < -0.39 is 0 Å². The van der Waals surface area contributed by atoms with Gasteiger partial charge >= 0.3 is 6.03 Å². The molecular weight excluding hydrogens is 242 g/mol. The first-order valence-electron chi connectivity index (χ1n) is 7.13. The number of fused-ring (bicyclic) bond motifs is 1. The normalized spacial score (nSPS) is 23.5. The second kappa shape index (κ2) is 4.83. The van der Waals surface area contributed by atoms with Crippen LogP contribution in [0.2, 0.25) is 0 Å². The summed E-state index contributed by atoms with van der Waals surface area (Å²) in [6.07, 6.45) is 5.05. The quantitative estimate of drug-likeness (QED) is 0.838. The van der Waals surface area contributed by atoms with Crippen molar-refractivity contribution < 1.29 is 4.79 Å². The molecule has 1 aliphatic carbocycles. The summed E-state index contributed by atoms with van der Waals surface area (Å²) >= 11 is 0. The van der Waals surface area contributed by atoms with Crippen LogP contribution in [0.5, 0.6) is 0 Å². The summed E-state index contributed by atoms with van der Waals surface area (Å²) in [6.45, 7) is 3.56. The maximum Gasteiger partial charge on any atom is 0.317 e. The monoisotopic (exact) mass is 263 g/mol. The first kappa shape index (κ1) is 12.4. The highest BCUT2D eigenvalue weighted by Gasteiger charge is 2.33. The highest BCUT2D eigenvalue weighted by Crippen LogP contribution is 2.35. The number of hydrogen-bond acceptors (Lipinski definition) is 3. The van der Waals surface area contributed by atoms with Gasteiger partial charge in [0.15, 0.2) is 5.82 Å². The van der Waals surface area contributed by atoms with Crippen LogP contribution in [-0.4, -0.2) is 39.3 Å². The van der Waals surface area contributed by atoms with Gasteiger partial charge in [0.1, 0.15) is 5.82 Å². The van der Waals surface area contributed by atoms with Crippen LogP contribution in [0.15, 0.2) is 0 Å². The number of nitrogens with one attached hydrogen (secondary N) is 1. The summed E-state index contributed by atoms with van der Waals surface area (Å²) in [5, 5.41) is 11.4. The van der Waals surface area contributed by atoms with Gasteiger partial charge in [0.05, 0.1) is 6.04 Å². The third-order valence-corrected chi connectivity index (χ3v) is 4.41. The van der Waals surface area contributed by atoms with E-state index >= 15 is 0 Å². The summed E-state index contributed by atoms with van der Waals surface area (Å²) < 4.78 is 2.24. The third-order valence-electron chi connectivity index (χ3n) is 4.41. The summed E-state index contributed by atoms with van der Waals surface area (Å²) in [5.41, 5.74) is 0. The van der Waals surface area contributed by atoms with Crippen molar-refractivity contribution in [2.24, 2.45) is 0 Å². The standard InChI is InChI=1S/C13H21N5O/c1-9-11-15-16-12(10-5-3-4-6-10)18(11)8-7-17(9)13(19)14-2/h9-10H,3-8H2,1-2H3,(H,14,19)/t9-/m0/s1. The molecule has 0 unspecified atom stereocenters. The van der Waals surface area contributed by atoms with Gasteiger partial charge in [0.25, 0.3) is 0 Å². The molecule has 2 aliphatic rings. The zero-order valence-electron chi connectivity index (χ0n) is 11.6. The zero-order valence-corrected chi connectivity index (χ0v) is 11.6. The van der Waals surface area contributed by atoms with Gasteiger partial charge in [-0.25, -0.2) is 4.79 Å². The molecule has 1 fully saturated rings. The van der Waals surface area contributed by atoms with E-state index in [1.807, 2.05) is 11.8 Å². The molecule has 0 radical (unpaired) electrons. The maximum absolute atomic E-state index is 11.8. The number of aromatic nitrogens is 3. The lowest BCUT2D eigenvalue weighted by Crippen LogP contribution is -2.45. The van der Waals surface area contributed by atoms with E-state index in [0.29, 0.717) is 5.92 Å². The largest absolute Gasteiger partial charge is 0.341 e. The number of hydrogen-bond donors (Lipinski definition) is 1. The van der Waals surface area contributed by atoms with Gasteiger partial charge in [-0.3, -0.25) is 0 Å². The van der Waals surface area contributed by atoms with Gasteiger partial charge in [0, 0.05) is 26.1 Å². The molecule has 0 saturated heterocycles. The van der Waals surface area contributed by atoms with E-state index in [-0.39, 0.29) is 12.1 Å². The molecule has 6 nitrogen and oxygen atoms in total. The molecule has 2 amide bonds. The molecule has 2 heterocycles. The van der Waals surface area contributed by atoms with E-state index in [1.165, 1.54) is 25.7 Å². The molecule has 0 aromatic carbocycles. The van der Waals surface area contributed by atoms with Gasteiger partial charge in [-0.15, -0.1) is 10.2 Å². The Labute approximate surface area is 113 Å². The topological polar surface area (TPSA) is 63.1 Å². The molecule has 1 saturated carbocycles. The lowest BCUT2D eigenvalue weighted by Gasteiger charge is -2.33. The van der Waals surface area contributed by atoms with E-state index in [1.54, 1.807) is 7.05 Å². The predicted molar refractivity (Wildman–Crippen MR) is 70.8 cm³/mol. The Bertz CT molecular complexity index is 477. The van der Waals surface area contributed by atoms with Crippen molar-refractivity contribution in [2.75, 3.05) is 13.6 Å². The summed E-state index contributed by atoms with van der Waals surface area (Å²) in [5.74, 6) is 2.63. The van der Waals surface area contributed by atoms with Crippen LogP contribution >= 0.6 is 0 Å². The Morgan fingerprint density at radius 3 is 2.58 bits per heavy atom. The molecule has 6 heteroatoms. The fourth-order valence-electron chi connectivity index (χ4n) is 3.31. The maximum atomic E-state index is 11.8. The number of amides is 2. The number of rotatable bonds is 1. The van der Waals surface area contributed by atoms with Crippen LogP contribution < -0.4 is 5.32 Å². The Morgan fingerprint density at radius 2 is 1.89 bits per heavy atom. The van der Waals surface area contributed by atoms with Gasteiger partial charge in [0.2, 0.25) is 0 Å². The number of nitrogens with zero attached hydrogens (tertiary/aromatic N) is 4. The summed E-state index contributed by atoms with van der Waals surface area (Å²) in [4.78, 5) is 13.6. The van der Waals surface area contributed by atoms with Gasteiger partial charge in [-0.2, -0.15) is 0 Å². The van der Waals surface area contributed by atoms with Crippen molar-refractivity contribution in [2.45, 2.75) is 51.1 Å². The van der Waals surface area contributed by atoms with Crippen LogP contribution in [0.25, 0.3) is 0 Å². The molecule has 3 rings (SSSR count). The minimum absolute atomic E-state index is 0.00338. The van der Waals surface area contributed by atoms with E-state index in [2.05, 4.69) is 20.1 Å². The van der Waals surface area contributed by atoms with E-state index in [4.69, 9.17) is 0 Å². The summed E-state index contributed by atoms with van der Waals surface area (Å²) in [6, 6.07) is -0.0412. The lowest BCUT2D eigenvalue weighted by atomic mass is 10.1. The highest BCUT2D eigenvalue weighted by atomic mass is 16.2. The van der Waals surface area contributed by atoms with Crippen LogP contribution in [-0.2, 0) is 6.54 Å². The Hall–Kier alpha value is -1.59. The predicted octanol–water partition coefficient (Wildman–Crippen LogP) is 1.65. The average Bonchev–Trinajstić information content (AvgIpc) is 3.06. The number of carbonyl (C=O) groups is 1. The van der Waals surface area contributed by atoms with Gasteiger partial charge < -0.3 is 14.8 Å². The number of urea groups is 1. The molecule has 1 N–H and O–H groups in total. The van der Waals surface area contributed by atoms with Crippen molar-refractivity contribution in [3.05, 3.63) is 11.6 Å². The van der Waals surface area contributed by atoms with Crippen molar-refractivity contribution >= 4 is 6.03 Å². The van der Waals surface area contributed by atoms with Crippen LogP contribution in [0, 0.1) is 0 Å². The Balaban J connectivity index is 1.87. The molecule has 1 atom stereocenters. The fraction of sp³-hybridized carbons (Fsp3) is 0.769. The fourth-order valence-corrected chi connectivity index (χ4v) is 3.31.